The van der Waals surface area contributed by atoms with Crippen LogP contribution in [-0.4, -0.2) is 44.0 Å². The number of amides is 2. The SMILES string of the molecule is C=CC(=O)Nc1ccco1.CC1(C)S[C@@H]2CC(=O)N2[C@H]1C(=O)O. The summed E-state index contributed by atoms with van der Waals surface area (Å²) >= 11 is 1.58. The number of carbonyl (C=O) groups excluding carboxylic acids is 2. The summed E-state index contributed by atoms with van der Waals surface area (Å²) in [6, 6.07) is 2.70. The molecule has 0 bridgehead atoms. The molecule has 2 amide bonds. The Morgan fingerprint density at radius 2 is 2.26 bits per heavy atom. The molecule has 0 saturated carbocycles. The highest BCUT2D eigenvalue weighted by Gasteiger charge is 2.58. The summed E-state index contributed by atoms with van der Waals surface area (Å²) in [6.07, 6.45) is 3.17. The fraction of sp³-hybridized carbons (Fsp3) is 0.400. The molecule has 2 fully saturated rings. The number of fused-ring (bicyclic) bond motifs is 1. The van der Waals surface area contributed by atoms with E-state index in [-0.39, 0.29) is 21.9 Å². The second-order valence-electron chi connectivity index (χ2n) is 5.59. The predicted molar refractivity (Wildman–Crippen MR) is 85.9 cm³/mol. The molecule has 3 heterocycles. The number of aliphatic carboxylic acids is 1. The summed E-state index contributed by atoms with van der Waals surface area (Å²) in [5.74, 6) is -0.761. The number of nitrogens with one attached hydrogen (secondary N) is 1. The van der Waals surface area contributed by atoms with Crippen molar-refractivity contribution in [2.45, 2.75) is 36.4 Å². The fourth-order valence-electron chi connectivity index (χ4n) is 2.50. The van der Waals surface area contributed by atoms with Gasteiger partial charge in [-0.3, -0.25) is 14.9 Å². The van der Waals surface area contributed by atoms with E-state index in [0.717, 1.165) is 0 Å². The highest BCUT2D eigenvalue weighted by Crippen LogP contribution is 2.50. The molecule has 1 aromatic rings. The molecular weight excluding hydrogens is 320 g/mol. The third-order valence-corrected chi connectivity index (χ3v) is 5.01. The number of hydrogen-bond acceptors (Lipinski definition) is 5. The first-order chi connectivity index (χ1) is 10.8. The molecule has 2 N–H and O–H groups in total. The van der Waals surface area contributed by atoms with Crippen molar-refractivity contribution < 1.29 is 23.9 Å². The van der Waals surface area contributed by atoms with E-state index in [9.17, 15) is 14.4 Å². The Bertz CT molecular complexity index is 626. The van der Waals surface area contributed by atoms with Gasteiger partial charge in [-0.05, 0) is 26.0 Å². The lowest BCUT2D eigenvalue weighted by atomic mass is 9.98. The van der Waals surface area contributed by atoms with E-state index >= 15 is 0 Å². The molecule has 0 radical (unpaired) electrons. The maximum absolute atomic E-state index is 11.2. The average molecular weight is 338 g/mol. The Balaban J connectivity index is 0.000000174. The minimum Gasteiger partial charge on any atom is -0.480 e. The van der Waals surface area contributed by atoms with Crippen molar-refractivity contribution in [3.8, 4) is 0 Å². The predicted octanol–water partition coefficient (Wildman–Crippen LogP) is 1.93. The van der Waals surface area contributed by atoms with Crippen molar-refractivity contribution in [1.82, 2.24) is 4.90 Å². The molecule has 1 aromatic heterocycles. The number of carbonyl (C=O) groups is 3. The summed E-state index contributed by atoms with van der Waals surface area (Å²) in [5.41, 5.74) is 0. The highest BCUT2D eigenvalue weighted by atomic mass is 32.2. The molecular formula is C15H18N2O5S. The van der Waals surface area contributed by atoms with Crippen LogP contribution in [-0.2, 0) is 14.4 Å². The average Bonchev–Trinajstić information content (AvgIpc) is 3.03. The first kappa shape index (κ1) is 17.1. The number of carboxylic acid groups (broad SMARTS) is 1. The number of β-lactam (4-membered cyclic amide) rings is 1. The first-order valence-electron chi connectivity index (χ1n) is 6.95. The summed E-state index contributed by atoms with van der Waals surface area (Å²) in [4.78, 5) is 34.2. The van der Waals surface area contributed by atoms with Gasteiger partial charge in [0.2, 0.25) is 11.8 Å². The normalized spacial score (nSPS) is 23.9. The Kier molecular flexibility index (Phi) is 4.84. The van der Waals surface area contributed by atoms with Gasteiger partial charge in [0, 0.05) is 10.8 Å². The number of nitrogens with zero attached hydrogens (tertiary/aromatic N) is 1. The molecule has 124 valence electrons. The van der Waals surface area contributed by atoms with E-state index in [2.05, 4.69) is 11.9 Å². The minimum atomic E-state index is -0.895. The van der Waals surface area contributed by atoms with Crippen LogP contribution in [0.1, 0.15) is 20.3 Å². The molecule has 2 aliphatic heterocycles. The topological polar surface area (TPSA) is 99.9 Å². The monoisotopic (exact) mass is 338 g/mol. The van der Waals surface area contributed by atoms with Gasteiger partial charge in [-0.15, -0.1) is 11.8 Å². The Labute approximate surface area is 137 Å². The lowest BCUT2D eigenvalue weighted by molar-refractivity contribution is -0.157. The van der Waals surface area contributed by atoms with E-state index in [4.69, 9.17) is 9.52 Å². The first-order valence-corrected chi connectivity index (χ1v) is 7.83. The Morgan fingerprint density at radius 1 is 1.57 bits per heavy atom. The molecule has 3 rings (SSSR count). The van der Waals surface area contributed by atoms with Gasteiger partial charge in [0.1, 0.15) is 6.04 Å². The van der Waals surface area contributed by atoms with Crippen LogP contribution in [0.3, 0.4) is 0 Å². The van der Waals surface area contributed by atoms with Gasteiger partial charge in [0.15, 0.2) is 5.88 Å². The fourth-order valence-corrected chi connectivity index (χ4v) is 4.12. The maximum Gasteiger partial charge on any atom is 0.327 e. The largest absolute Gasteiger partial charge is 0.480 e. The zero-order chi connectivity index (χ0) is 17.2. The van der Waals surface area contributed by atoms with Crippen molar-refractivity contribution in [2.75, 3.05) is 5.32 Å². The number of rotatable bonds is 3. The zero-order valence-corrected chi connectivity index (χ0v) is 13.6. The van der Waals surface area contributed by atoms with Crippen molar-refractivity contribution in [3.63, 3.8) is 0 Å². The number of furan rings is 1. The van der Waals surface area contributed by atoms with Crippen LogP contribution >= 0.6 is 11.8 Å². The number of anilines is 1. The van der Waals surface area contributed by atoms with E-state index in [0.29, 0.717) is 12.3 Å². The lowest BCUT2D eigenvalue weighted by Crippen LogP contribution is -2.56. The molecule has 0 aliphatic carbocycles. The van der Waals surface area contributed by atoms with Crippen LogP contribution in [0.4, 0.5) is 5.88 Å². The number of thioether (sulfide) groups is 1. The molecule has 0 unspecified atom stereocenters. The highest BCUT2D eigenvalue weighted by molar-refractivity contribution is 8.01. The molecule has 7 nitrogen and oxygen atoms in total. The molecule has 2 aliphatic rings. The summed E-state index contributed by atoms with van der Waals surface area (Å²) in [6.45, 7) is 7.04. The summed E-state index contributed by atoms with van der Waals surface area (Å²) < 4.78 is 4.47. The van der Waals surface area contributed by atoms with Gasteiger partial charge in [-0.2, -0.15) is 0 Å². The van der Waals surface area contributed by atoms with E-state index in [1.807, 2.05) is 13.8 Å². The second kappa shape index (κ2) is 6.49. The van der Waals surface area contributed by atoms with Gasteiger partial charge >= 0.3 is 5.97 Å². The summed E-state index contributed by atoms with van der Waals surface area (Å²) in [7, 11) is 0. The molecule has 23 heavy (non-hydrogen) atoms. The van der Waals surface area contributed by atoms with Gasteiger partial charge in [0.05, 0.1) is 18.1 Å². The van der Waals surface area contributed by atoms with Crippen LogP contribution in [0, 0.1) is 0 Å². The van der Waals surface area contributed by atoms with Crippen molar-refractivity contribution in [3.05, 3.63) is 31.1 Å². The van der Waals surface area contributed by atoms with Crippen molar-refractivity contribution in [2.24, 2.45) is 0 Å². The minimum absolute atomic E-state index is 0.0320. The van der Waals surface area contributed by atoms with Crippen LogP contribution in [0.2, 0.25) is 0 Å². The number of carboxylic acids is 1. The van der Waals surface area contributed by atoms with Crippen LogP contribution < -0.4 is 5.32 Å². The van der Waals surface area contributed by atoms with Crippen LogP contribution in [0.5, 0.6) is 0 Å². The zero-order valence-electron chi connectivity index (χ0n) is 12.8. The van der Waals surface area contributed by atoms with Crippen LogP contribution in [0.15, 0.2) is 35.5 Å². The summed E-state index contributed by atoms with van der Waals surface area (Å²) in [5, 5.41) is 11.5. The molecule has 0 spiro atoms. The molecule has 0 aromatic carbocycles. The van der Waals surface area contributed by atoms with E-state index < -0.39 is 12.0 Å². The third-order valence-electron chi connectivity index (χ3n) is 3.51. The smallest absolute Gasteiger partial charge is 0.327 e. The van der Waals surface area contributed by atoms with Crippen molar-refractivity contribution >= 4 is 35.4 Å². The van der Waals surface area contributed by atoms with Gasteiger partial charge < -0.3 is 14.4 Å². The standard InChI is InChI=1S/C8H11NO3S.C7H7NO2/c1-8(2)6(7(11)12)9-4(10)3-5(9)13-8;1-2-6(9)8-7-4-3-5-10-7/h5-6H,3H2,1-2H3,(H,11,12);2-5H,1H2,(H,8,9)/t5-,6+;/m1./s1. The quantitative estimate of drug-likeness (QED) is 0.645. The Hall–Kier alpha value is -2.22. The molecule has 2 atom stereocenters. The van der Waals surface area contributed by atoms with Crippen LogP contribution in [0.25, 0.3) is 0 Å². The molecule has 2 saturated heterocycles. The van der Waals surface area contributed by atoms with Gasteiger partial charge in [-0.1, -0.05) is 6.58 Å². The number of hydrogen-bond donors (Lipinski definition) is 2. The van der Waals surface area contributed by atoms with E-state index in [1.54, 1.807) is 23.9 Å². The molecule has 8 heteroatoms. The third kappa shape index (κ3) is 3.58. The second-order valence-corrected chi connectivity index (χ2v) is 7.42. The van der Waals surface area contributed by atoms with Crippen molar-refractivity contribution in [1.29, 1.82) is 0 Å². The lowest BCUT2D eigenvalue weighted by Gasteiger charge is -2.36. The van der Waals surface area contributed by atoms with E-state index in [1.165, 1.54) is 17.2 Å². The van der Waals surface area contributed by atoms with Gasteiger partial charge in [0.25, 0.3) is 0 Å². The maximum atomic E-state index is 11.2. The van der Waals surface area contributed by atoms with Gasteiger partial charge in [-0.25, -0.2) is 4.79 Å². The Morgan fingerprint density at radius 3 is 2.70 bits per heavy atom.